The number of urea groups is 1. The summed E-state index contributed by atoms with van der Waals surface area (Å²) in [6.45, 7) is 10.0. The first-order valence-corrected chi connectivity index (χ1v) is 12.7. The quantitative estimate of drug-likeness (QED) is 0.380. The molecule has 1 aliphatic rings. The first kappa shape index (κ1) is 22.9. The van der Waals surface area contributed by atoms with Gasteiger partial charge < -0.3 is 10.2 Å². The van der Waals surface area contributed by atoms with Crippen molar-refractivity contribution >= 4 is 39.6 Å². The fourth-order valence-electron chi connectivity index (χ4n) is 4.33. The number of benzene rings is 2. The summed E-state index contributed by atoms with van der Waals surface area (Å²) in [5.41, 5.74) is 6.48. The number of nitrogens with one attached hydrogen (secondary N) is 1. The van der Waals surface area contributed by atoms with Crippen molar-refractivity contribution in [3.05, 3.63) is 75.4 Å². The topological polar surface area (TPSA) is 52.9 Å². The summed E-state index contributed by atoms with van der Waals surface area (Å²) in [5, 5.41) is 3.77. The molecule has 0 spiro atoms. The molecule has 2 aromatic heterocycles. The highest BCUT2D eigenvalue weighted by Gasteiger charge is 2.24. The second kappa shape index (κ2) is 9.41. The molecule has 6 nitrogen and oxygen atoms in total. The van der Waals surface area contributed by atoms with E-state index in [0.717, 1.165) is 46.6 Å². The van der Waals surface area contributed by atoms with Gasteiger partial charge in [0.2, 0.25) is 0 Å². The van der Waals surface area contributed by atoms with Crippen LogP contribution < -0.4 is 5.32 Å². The van der Waals surface area contributed by atoms with Gasteiger partial charge in [0.05, 0.1) is 11.4 Å². The molecule has 1 fully saturated rings. The SMILES string of the molecule is Cc1cn2c(CN3CCN(C(=O)Nc4ccc(C)c(C)c4)CC3)c(-c3ccc(Cl)cc3)nc2s1. The van der Waals surface area contributed by atoms with Crippen molar-refractivity contribution in [3.63, 3.8) is 0 Å². The van der Waals surface area contributed by atoms with Crippen molar-refractivity contribution in [2.24, 2.45) is 0 Å². The number of rotatable bonds is 4. The van der Waals surface area contributed by atoms with Crippen LogP contribution in [0.2, 0.25) is 5.02 Å². The van der Waals surface area contributed by atoms with Gasteiger partial charge in [-0.05, 0) is 56.2 Å². The molecule has 4 aromatic rings. The molecule has 34 heavy (non-hydrogen) atoms. The number of piperazine rings is 1. The Bertz CT molecular complexity index is 1340. The van der Waals surface area contributed by atoms with Gasteiger partial charge in [-0.2, -0.15) is 0 Å². The second-order valence-corrected chi connectivity index (χ2v) is 10.6. The molecule has 2 amide bonds. The number of imidazole rings is 1. The molecular formula is C26H28ClN5OS. The number of nitrogens with zero attached hydrogens (tertiary/aromatic N) is 4. The van der Waals surface area contributed by atoms with E-state index >= 15 is 0 Å². The van der Waals surface area contributed by atoms with Crippen LogP contribution in [-0.4, -0.2) is 51.4 Å². The van der Waals surface area contributed by atoms with E-state index in [1.807, 2.05) is 47.4 Å². The molecule has 3 heterocycles. The van der Waals surface area contributed by atoms with Crippen molar-refractivity contribution in [1.29, 1.82) is 0 Å². The fraction of sp³-hybridized carbons (Fsp3) is 0.308. The second-order valence-electron chi connectivity index (χ2n) is 8.90. The standard InChI is InChI=1S/C26H28ClN5OS/c1-17-4-9-22(14-18(17)2)28-25(33)31-12-10-30(11-13-31)16-23-24(20-5-7-21(27)8-6-20)29-26-32(23)15-19(3)34-26/h4-9,14-15H,10-13,16H2,1-3H3,(H,28,33). The van der Waals surface area contributed by atoms with E-state index in [4.69, 9.17) is 16.6 Å². The number of aryl methyl sites for hydroxylation is 3. The monoisotopic (exact) mass is 493 g/mol. The summed E-state index contributed by atoms with van der Waals surface area (Å²) >= 11 is 7.81. The van der Waals surface area contributed by atoms with Crippen LogP contribution >= 0.6 is 22.9 Å². The number of carbonyl (C=O) groups excluding carboxylic acids is 1. The number of halogens is 1. The van der Waals surface area contributed by atoms with E-state index in [0.29, 0.717) is 13.1 Å². The lowest BCUT2D eigenvalue weighted by atomic mass is 10.1. The molecule has 0 unspecified atom stereocenters. The van der Waals surface area contributed by atoms with E-state index in [9.17, 15) is 4.79 Å². The lowest BCUT2D eigenvalue weighted by molar-refractivity contribution is 0.142. The molecule has 1 saturated heterocycles. The lowest BCUT2D eigenvalue weighted by Gasteiger charge is -2.34. The Kier molecular flexibility index (Phi) is 6.34. The lowest BCUT2D eigenvalue weighted by Crippen LogP contribution is -2.49. The zero-order valence-electron chi connectivity index (χ0n) is 19.6. The number of carbonyl (C=O) groups is 1. The van der Waals surface area contributed by atoms with Crippen LogP contribution in [0, 0.1) is 20.8 Å². The molecule has 0 aliphatic carbocycles. The third-order valence-electron chi connectivity index (χ3n) is 6.45. The predicted molar refractivity (Wildman–Crippen MR) is 140 cm³/mol. The smallest absolute Gasteiger partial charge is 0.321 e. The van der Waals surface area contributed by atoms with E-state index in [1.165, 1.54) is 21.7 Å². The van der Waals surface area contributed by atoms with Crippen LogP contribution in [0.1, 0.15) is 21.7 Å². The fourth-order valence-corrected chi connectivity index (χ4v) is 5.30. The third-order valence-corrected chi connectivity index (χ3v) is 7.60. The zero-order chi connectivity index (χ0) is 23.8. The van der Waals surface area contributed by atoms with Crippen molar-refractivity contribution in [3.8, 4) is 11.3 Å². The molecule has 0 bridgehead atoms. The molecule has 8 heteroatoms. The van der Waals surface area contributed by atoms with Gasteiger partial charge in [-0.25, -0.2) is 9.78 Å². The van der Waals surface area contributed by atoms with Crippen molar-refractivity contribution < 1.29 is 4.79 Å². The van der Waals surface area contributed by atoms with Crippen LogP contribution in [0.15, 0.2) is 48.7 Å². The van der Waals surface area contributed by atoms with Crippen molar-refractivity contribution in [2.75, 3.05) is 31.5 Å². The Hall–Kier alpha value is -2.87. The Balaban J connectivity index is 1.28. The maximum absolute atomic E-state index is 12.8. The largest absolute Gasteiger partial charge is 0.322 e. The summed E-state index contributed by atoms with van der Waals surface area (Å²) in [5.74, 6) is 0. The highest BCUT2D eigenvalue weighted by atomic mass is 35.5. The summed E-state index contributed by atoms with van der Waals surface area (Å²) in [6, 6.07) is 13.9. The van der Waals surface area contributed by atoms with E-state index in [2.05, 4.69) is 41.6 Å². The van der Waals surface area contributed by atoms with E-state index < -0.39 is 0 Å². The Labute approximate surface area is 208 Å². The Morgan fingerprint density at radius 3 is 2.47 bits per heavy atom. The van der Waals surface area contributed by atoms with Gasteiger partial charge in [-0.15, -0.1) is 11.3 Å². The molecule has 2 aromatic carbocycles. The predicted octanol–water partition coefficient (Wildman–Crippen LogP) is 5.99. The first-order valence-electron chi connectivity index (χ1n) is 11.5. The Morgan fingerprint density at radius 1 is 1.03 bits per heavy atom. The number of hydrogen-bond acceptors (Lipinski definition) is 4. The Morgan fingerprint density at radius 2 is 1.76 bits per heavy atom. The summed E-state index contributed by atoms with van der Waals surface area (Å²) < 4.78 is 2.21. The van der Waals surface area contributed by atoms with Gasteiger partial charge in [0.15, 0.2) is 4.96 Å². The van der Waals surface area contributed by atoms with Gasteiger partial charge in [-0.1, -0.05) is 29.8 Å². The number of thiazole rings is 1. The van der Waals surface area contributed by atoms with Crippen LogP contribution in [0.25, 0.3) is 16.2 Å². The number of amides is 2. The molecule has 1 aliphatic heterocycles. The molecule has 5 rings (SSSR count). The van der Waals surface area contributed by atoms with Crippen LogP contribution in [0.5, 0.6) is 0 Å². The van der Waals surface area contributed by atoms with E-state index in [1.54, 1.807) is 11.3 Å². The minimum Gasteiger partial charge on any atom is -0.322 e. The van der Waals surface area contributed by atoms with Crippen LogP contribution in [0.4, 0.5) is 10.5 Å². The minimum atomic E-state index is -0.0371. The first-order chi connectivity index (χ1) is 16.4. The number of hydrogen-bond donors (Lipinski definition) is 1. The van der Waals surface area contributed by atoms with Crippen LogP contribution in [0.3, 0.4) is 0 Å². The number of anilines is 1. The van der Waals surface area contributed by atoms with Crippen LogP contribution in [-0.2, 0) is 6.54 Å². The third kappa shape index (κ3) is 4.69. The molecule has 0 atom stereocenters. The van der Waals surface area contributed by atoms with Gasteiger partial charge in [0.25, 0.3) is 0 Å². The maximum Gasteiger partial charge on any atom is 0.321 e. The molecular weight excluding hydrogens is 466 g/mol. The summed E-state index contributed by atoms with van der Waals surface area (Å²) in [4.78, 5) is 24.3. The van der Waals surface area contributed by atoms with E-state index in [-0.39, 0.29) is 6.03 Å². The molecule has 0 saturated carbocycles. The van der Waals surface area contributed by atoms with Gasteiger partial charge in [0.1, 0.15) is 0 Å². The number of aromatic nitrogens is 2. The minimum absolute atomic E-state index is 0.0371. The molecule has 0 radical (unpaired) electrons. The number of fused-ring (bicyclic) bond motifs is 1. The average molecular weight is 494 g/mol. The summed E-state index contributed by atoms with van der Waals surface area (Å²) in [6.07, 6.45) is 2.16. The highest BCUT2D eigenvalue weighted by Crippen LogP contribution is 2.30. The van der Waals surface area contributed by atoms with Gasteiger partial charge in [0, 0.05) is 60.1 Å². The normalized spacial score (nSPS) is 14.6. The van der Waals surface area contributed by atoms with Gasteiger partial charge in [-0.3, -0.25) is 9.30 Å². The highest BCUT2D eigenvalue weighted by molar-refractivity contribution is 7.17. The van der Waals surface area contributed by atoms with Crippen molar-refractivity contribution in [1.82, 2.24) is 19.2 Å². The average Bonchev–Trinajstić information content (AvgIpc) is 3.34. The van der Waals surface area contributed by atoms with Crippen molar-refractivity contribution in [2.45, 2.75) is 27.3 Å². The maximum atomic E-state index is 12.8. The zero-order valence-corrected chi connectivity index (χ0v) is 21.2. The molecule has 176 valence electrons. The van der Waals surface area contributed by atoms with Gasteiger partial charge >= 0.3 is 6.03 Å². The summed E-state index contributed by atoms with van der Waals surface area (Å²) in [7, 11) is 0. The molecule has 1 N–H and O–H groups in total.